The molecule has 0 bridgehead atoms. The third-order valence-electron chi connectivity index (χ3n) is 4.97. The van der Waals surface area contributed by atoms with Crippen LogP contribution in [0.3, 0.4) is 0 Å². The number of rotatable bonds is 5. The number of hydrogen-bond acceptors (Lipinski definition) is 5. The Morgan fingerprint density at radius 3 is 2.89 bits per heavy atom. The van der Waals surface area contributed by atoms with Crippen molar-refractivity contribution in [1.82, 2.24) is 25.1 Å². The van der Waals surface area contributed by atoms with Crippen molar-refractivity contribution in [1.29, 1.82) is 0 Å². The Morgan fingerprint density at radius 2 is 2.11 bits per heavy atom. The lowest BCUT2D eigenvalue weighted by atomic mass is 9.88. The van der Waals surface area contributed by atoms with Crippen LogP contribution in [-0.2, 0) is 16.1 Å². The summed E-state index contributed by atoms with van der Waals surface area (Å²) in [7, 11) is 0. The second-order valence-electron chi connectivity index (χ2n) is 6.94. The van der Waals surface area contributed by atoms with E-state index in [1.165, 1.54) is 6.33 Å². The molecule has 1 aromatic carbocycles. The number of benzene rings is 1. The van der Waals surface area contributed by atoms with E-state index in [9.17, 15) is 4.79 Å². The highest BCUT2D eigenvalue weighted by Crippen LogP contribution is 2.33. The minimum atomic E-state index is -0.208. The predicted octanol–water partition coefficient (Wildman–Crippen LogP) is 2.75. The number of aryl methyl sites for hydroxylation is 1. The number of pyridine rings is 1. The smallest absolute Gasteiger partial charge is 0.226 e. The van der Waals surface area contributed by atoms with E-state index in [4.69, 9.17) is 4.74 Å². The monoisotopic (exact) mass is 377 g/mol. The van der Waals surface area contributed by atoms with E-state index in [1.807, 2.05) is 49.4 Å². The molecule has 0 unspecified atom stereocenters. The van der Waals surface area contributed by atoms with Gasteiger partial charge in [0.05, 0.1) is 12.0 Å². The maximum atomic E-state index is 13.0. The van der Waals surface area contributed by atoms with Gasteiger partial charge >= 0.3 is 0 Å². The third-order valence-corrected chi connectivity index (χ3v) is 4.97. The Hall–Kier alpha value is -3.06. The van der Waals surface area contributed by atoms with Crippen LogP contribution >= 0.6 is 0 Å². The van der Waals surface area contributed by atoms with E-state index < -0.39 is 0 Å². The molecule has 144 valence electrons. The lowest BCUT2D eigenvalue weighted by Gasteiger charge is -2.31. The number of aromatic nitrogens is 4. The Labute approximate surface area is 163 Å². The van der Waals surface area contributed by atoms with Crippen molar-refractivity contribution in [3.63, 3.8) is 0 Å². The molecule has 7 nitrogen and oxygen atoms in total. The molecule has 1 N–H and O–H groups in total. The van der Waals surface area contributed by atoms with Crippen LogP contribution < -0.4 is 5.32 Å². The molecule has 0 aliphatic carbocycles. The number of ether oxygens (including phenoxy) is 1. The zero-order valence-corrected chi connectivity index (χ0v) is 15.8. The van der Waals surface area contributed by atoms with Gasteiger partial charge in [0.2, 0.25) is 5.91 Å². The third kappa shape index (κ3) is 3.94. The molecule has 3 heterocycles. The topological polar surface area (TPSA) is 81.9 Å². The Morgan fingerprint density at radius 1 is 1.25 bits per heavy atom. The zero-order valence-electron chi connectivity index (χ0n) is 15.8. The van der Waals surface area contributed by atoms with E-state index >= 15 is 0 Å². The molecular weight excluding hydrogens is 354 g/mol. The maximum Gasteiger partial charge on any atom is 0.226 e. The molecule has 1 aliphatic heterocycles. The van der Waals surface area contributed by atoms with Crippen molar-refractivity contribution in [2.75, 3.05) is 6.61 Å². The van der Waals surface area contributed by atoms with E-state index in [0.29, 0.717) is 19.0 Å². The average molecular weight is 377 g/mol. The summed E-state index contributed by atoms with van der Waals surface area (Å²) in [4.78, 5) is 21.5. The fourth-order valence-corrected chi connectivity index (χ4v) is 3.56. The van der Waals surface area contributed by atoms with Crippen LogP contribution in [-0.4, -0.2) is 32.3 Å². The first-order chi connectivity index (χ1) is 13.7. The normalized spacial score (nSPS) is 19.3. The Bertz CT molecular complexity index is 927. The van der Waals surface area contributed by atoms with Crippen LogP contribution in [0.25, 0.3) is 5.82 Å². The van der Waals surface area contributed by atoms with Crippen LogP contribution in [0, 0.1) is 12.8 Å². The summed E-state index contributed by atoms with van der Waals surface area (Å²) in [6.07, 6.45) is 4.57. The zero-order chi connectivity index (χ0) is 19.3. The van der Waals surface area contributed by atoms with Gasteiger partial charge in [-0.2, -0.15) is 5.10 Å². The van der Waals surface area contributed by atoms with Crippen LogP contribution in [0.15, 0.2) is 55.1 Å². The average Bonchev–Trinajstić information content (AvgIpc) is 3.28. The predicted molar refractivity (Wildman–Crippen MR) is 104 cm³/mol. The highest BCUT2D eigenvalue weighted by Gasteiger charge is 2.32. The number of nitrogens with zero attached hydrogens (tertiary/aromatic N) is 4. The van der Waals surface area contributed by atoms with Crippen molar-refractivity contribution >= 4 is 5.91 Å². The molecule has 0 radical (unpaired) electrons. The quantitative estimate of drug-likeness (QED) is 0.739. The summed E-state index contributed by atoms with van der Waals surface area (Å²) >= 11 is 0. The summed E-state index contributed by atoms with van der Waals surface area (Å²) < 4.78 is 7.57. The van der Waals surface area contributed by atoms with Crippen molar-refractivity contribution in [2.24, 2.45) is 5.92 Å². The van der Waals surface area contributed by atoms with Gasteiger partial charge in [-0.15, -0.1) is 0 Å². The highest BCUT2D eigenvalue weighted by molar-refractivity contribution is 5.79. The van der Waals surface area contributed by atoms with Gasteiger partial charge in [0.15, 0.2) is 5.82 Å². The molecule has 3 aromatic rings. The largest absolute Gasteiger partial charge is 0.373 e. The molecule has 1 saturated heterocycles. The summed E-state index contributed by atoms with van der Waals surface area (Å²) in [6.45, 7) is 2.98. The Kier molecular flexibility index (Phi) is 5.43. The van der Waals surface area contributed by atoms with Crippen LogP contribution in [0.1, 0.15) is 35.8 Å². The summed E-state index contributed by atoms with van der Waals surface area (Å²) in [5.74, 6) is 0.473. The number of hydrogen-bond donors (Lipinski definition) is 1. The first-order valence-electron chi connectivity index (χ1n) is 9.48. The van der Waals surface area contributed by atoms with Gasteiger partial charge in [0.25, 0.3) is 0 Å². The van der Waals surface area contributed by atoms with Gasteiger partial charge in [-0.05, 0) is 31.4 Å². The van der Waals surface area contributed by atoms with Gasteiger partial charge < -0.3 is 10.1 Å². The minimum absolute atomic E-state index is 0.00123. The highest BCUT2D eigenvalue weighted by atomic mass is 16.5. The molecule has 2 atom stereocenters. The molecule has 1 amide bonds. The summed E-state index contributed by atoms with van der Waals surface area (Å²) in [6, 6.07) is 13.8. The van der Waals surface area contributed by atoms with Gasteiger partial charge in [-0.3, -0.25) is 4.79 Å². The number of carbonyl (C=O) groups is 1. The molecule has 1 aliphatic rings. The van der Waals surface area contributed by atoms with Crippen molar-refractivity contribution < 1.29 is 9.53 Å². The molecule has 2 aromatic heterocycles. The fourth-order valence-electron chi connectivity index (χ4n) is 3.56. The summed E-state index contributed by atoms with van der Waals surface area (Å²) in [5, 5.41) is 7.24. The molecule has 1 fully saturated rings. The van der Waals surface area contributed by atoms with E-state index in [-0.39, 0.29) is 17.9 Å². The van der Waals surface area contributed by atoms with Crippen molar-refractivity contribution in [3.8, 4) is 5.82 Å². The van der Waals surface area contributed by atoms with Crippen molar-refractivity contribution in [3.05, 3.63) is 71.9 Å². The van der Waals surface area contributed by atoms with Crippen LogP contribution in [0.2, 0.25) is 0 Å². The number of amides is 1. The molecule has 7 heteroatoms. The fraction of sp³-hybridized carbons (Fsp3) is 0.333. The molecule has 0 spiro atoms. The first-order valence-corrected chi connectivity index (χ1v) is 9.48. The lowest BCUT2D eigenvalue weighted by molar-refractivity contribution is -0.134. The van der Waals surface area contributed by atoms with Gasteiger partial charge in [0, 0.05) is 24.4 Å². The van der Waals surface area contributed by atoms with E-state index in [1.54, 1.807) is 11.0 Å². The standard InChI is InChI=1S/C21H23N5O2/c1-15-9-10-17(20(25-15)26-14-22-13-24-26)12-23-21(27)18-8-5-11-28-19(18)16-6-3-2-4-7-16/h2-4,6-7,9-10,13-14,18-19H,5,8,11-12H2,1H3,(H,23,27)/t18-,19-/m0/s1. The number of nitrogens with one attached hydrogen (secondary N) is 1. The van der Waals surface area contributed by atoms with Gasteiger partial charge in [-0.1, -0.05) is 36.4 Å². The molecule has 0 saturated carbocycles. The van der Waals surface area contributed by atoms with E-state index in [2.05, 4.69) is 20.4 Å². The van der Waals surface area contributed by atoms with Crippen molar-refractivity contribution in [2.45, 2.75) is 32.4 Å². The second kappa shape index (κ2) is 8.31. The lowest BCUT2D eigenvalue weighted by Crippen LogP contribution is -2.37. The first kappa shape index (κ1) is 18.3. The molecular formula is C21H23N5O2. The maximum absolute atomic E-state index is 13.0. The minimum Gasteiger partial charge on any atom is -0.373 e. The molecule has 28 heavy (non-hydrogen) atoms. The Balaban J connectivity index is 1.50. The van der Waals surface area contributed by atoms with Gasteiger partial charge in [-0.25, -0.2) is 14.6 Å². The second-order valence-corrected chi connectivity index (χ2v) is 6.94. The number of carbonyl (C=O) groups excluding carboxylic acids is 1. The van der Waals surface area contributed by atoms with Crippen LogP contribution in [0.4, 0.5) is 0 Å². The molecule has 4 rings (SSSR count). The summed E-state index contributed by atoms with van der Waals surface area (Å²) in [5.41, 5.74) is 2.81. The van der Waals surface area contributed by atoms with E-state index in [0.717, 1.165) is 29.7 Å². The van der Waals surface area contributed by atoms with Crippen LogP contribution in [0.5, 0.6) is 0 Å². The van der Waals surface area contributed by atoms with Gasteiger partial charge in [0.1, 0.15) is 12.7 Å². The SMILES string of the molecule is Cc1ccc(CNC(=O)[C@H]2CCCO[C@H]2c2ccccc2)c(-n2cncn2)n1.